The van der Waals surface area contributed by atoms with Crippen molar-refractivity contribution in [3.8, 4) is 0 Å². The molecule has 3 N–H and O–H groups in total. The van der Waals surface area contributed by atoms with Crippen molar-refractivity contribution in [3.05, 3.63) is 63.7 Å². The Bertz CT molecular complexity index is 870. The third-order valence-electron chi connectivity index (χ3n) is 3.84. The Morgan fingerprint density at radius 2 is 1.78 bits per heavy atom. The number of rotatable bonds is 5. The summed E-state index contributed by atoms with van der Waals surface area (Å²) in [6, 6.07) is 10.8. The molecule has 2 aromatic rings. The van der Waals surface area contributed by atoms with Crippen molar-refractivity contribution < 1.29 is 19.2 Å². The van der Waals surface area contributed by atoms with E-state index in [-0.39, 0.29) is 22.4 Å². The number of nitro benzene ring substituents is 1. The SMILES string of the molecule is CC(C)(C)c1ccc(NC(=O)COC(=O)c2cc([N+](=O)[O-])ccc2N)cc1. The summed E-state index contributed by atoms with van der Waals surface area (Å²) in [5, 5.41) is 13.4. The number of non-ortho nitro benzene ring substituents is 1. The fraction of sp³-hybridized carbons (Fsp3) is 0.263. The molecule has 0 aliphatic carbocycles. The van der Waals surface area contributed by atoms with E-state index in [1.165, 1.54) is 12.1 Å². The zero-order chi connectivity index (χ0) is 20.2. The highest BCUT2D eigenvalue weighted by atomic mass is 16.6. The Kier molecular flexibility index (Phi) is 5.79. The number of hydrogen-bond donors (Lipinski definition) is 2. The first-order valence-corrected chi connectivity index (χ1v) is 8.19. The minimum atomic E-state index is -0.908. The Balaban J connectivity index is 1.96. The number of hydrogen-bond acceptors (Lipinski definition) is 6. The summed E-state index contributed by atoms with van der Waals surface area (Å²) >= 11 is 0. The number of carbonyl (C=O) groups excluding carboxylic acids is 2. The second-order valence-corrected chi connectivity index (χ2v) is 6.98. The summed E-state index contributed by atoms with van der Waals surface area (Å²) in [7, 11) is 0. The Morgan fingerprint density at radius 1 is 1.15 bits per heavy atom. The summed E-state index contributed by atoms with van der Waals surface area (Å²) < 4.78 is 4.90. The third kappa shape index (κ3) is 5.27. The van der Waals surface area contributed by atoms with E-state index in [9.17, 15) is 19.7 Å². The average molecular weight is 371 g/mol. The van der Waals surface area contributed by atoms with E-state index in [4.69, 9.17) is 10.5 Å². The van der Waals surface area contributed by atoms with Crippen LogP contribution in [0.1, 0.15) is 36.7 Å². The molecule has 0 aromatic heterocycles. The molecule has 0 saturated heterocycles. The summed E-state index contributed by atoms with van der Waals surface area (Å²) in [6.45, 7) is 5.71. The first-order valence-electron chi connectivity index (χ1n) is 8.19. The molecule has 0 saturated carbocycles. The lowest BCUT2D eigenvalue weighted by Crippen LogP contribution is -2.21. The van der Waals surface area contributed by atoms with Gasteiger partial charge in [-0.2, -0.15) is 0 Å². The van der Waals surface area contributed by atoms with E-state index < -0.39 is 23.4 Å². The highest BCUT2D eigenvalue weighted by Gasteiger charge is 2.18. The monoisotopic (exact) mass is 371 g/mol. The number of nitrogen functional groups attached to an aromatic ring is 1. The molecule has 0 atom stereocenters. The number of anilines is 2. The molecule has 27 heavy (non-hydrogen) atoms. The van der Waals surface area contributed by atoms with Gasteiger partial charge in [0.25, 0.3) is 11.6 Å². The molecular formula is C19H21N3O5. The number of nitrogens with one attached hydrogen (secondary N) is 1. The summed E-state index contributed by atoms with van der Waals surface area (Å²) in [6.07, 6.45) is 0. The van der Waals surface area contributed by atoms with Crippen molar-refractivity contribution >= 4 is 28.9 Å². The molecule has 142 valence electrons. The lowest BCUT2D eigenvalue weighted by Gasteiger charge is -2.19. The van der Waals surface area contributed by atoms with Gasteiger partial charge in [0.05, 0.1) is 10.5 Å². The van der Waals surface area contributed by atoms with Crippen molar-refractivity contribution in [1.29, 1.82) is 0 Å². The van der Waals surface area contributed by atoms with Crippen LogP contribution in [0.5, 0.6) is 0 Å². The fourth-order valence-electron chi connectivity index (χ4n) is 2.29. The molecule has 2 aromatic carbocycles. The highest BCUT2D eigenvalue weighted by molar-refractivity contribution is 5.98. The van der Waals surface area contributed by atoms with Crippen LogP contribution in [0.15, 0.2) is 42.5 Å². The van der Waals surface area contributed by atoms with Gasteiger partial charge in [0, 0.05) is 23.5 Å². The minimum Gasteiger partial charge on any atom is -0.452 e. The summed E-state index contributed by atoms with van der Waals surface area (Å²) in [5.74, 6) is -1.44. The number of benzene rings is 2. The van der Waals surface area contributed by atoms with Crippen LogP contribution in [0, 0.1) is 10.1 Å². The lowest BCUT2D eigenvalue weighted by atomic mass is 9.87. The lowest BCUT2D eigenvalue weighted by molar-refractivity contribution is -0.384. The largest absolute Gasteiger partial charge is 0.452 e. The molecule has 0 heterocycles. The number of esters is 1. The van der Waals surface area contributed by atoms with Gasteiger partial charge in [-0.1, -0.05) is 32.9 Å². The molecule has 0 fully saturated rings. The van der Waals surface area contributed by atoms with Gasteiger partial charge in [-0.25, -0.2) is 4.79 Å². The van der Waals surface area contributed by atoms with Gasteiger partial charge in [-0.15, -0.1) is 0 Å². The van der Waals surface area contributed by atoms with Crippen LogP contribution < -0.4 is 11.1 Å². The molecule has 0 bridgehead atoms. The van der Waals surface area contributed by atoms with E-state index in [1.54, 1.807) is 12.1 Å². The zero-order valence-corrected chi connectivity index (χ0v) is 15.3. The Morgan fingerprint density at radius 3 is 2.33 bits per heavy atom. The van der Waals surface area contributed by atoms with Crippen LogP contribution in [0.3, 0.4) is 0 Å². The topological polar surface area (TPSA) is 125 Å². The second kappa shape index (κ2) is 7.86. The van der Waals surface area contributed by atoms with Crippen LogP contribution >= 0.6 is 0 Å². The number of carbonyl (C=O) groups is 2. The third-order valence-corrected chi connectivity index (χ3v) is 3.84. The molecular weight excluding hydrogens is 350 g/mol. The van der Waals surface area contributed by atoms with Crippen molar-refractivity contribution in [3.63, 3.8) is 0 Å². The van der Waals surface area contributed by atoms with Crippen LogP contribution in [0.4, 0.5) is 17.1 Å². The van der Waals surface area contributed by atoms with Crippen LogP contribution in [0.2, 0.25) is 0 Å². The van der Waals surface area contributed by atoms with Crippen molar-refractivity contribution in [2.75, 3.05) is 17.7 Å². The zero-order valence-electron chi connectivity index (χ0n) is 15.3. The van der Waals surface area contributed by atoms with Crippen molar-refractivity contribution in [2.45, 2.75) is 26.2 Å². The maximum absolute atomic E-state index is 12.0. The maximum Gasteiger partial charge on any atom is 0.341 e. The minimum absolute atomic E-state index is 0.00368. The molecule has 8 nitrogen and oxygen atoms in total. The fourth-order valence-corrected chi connectivity index (χ4v) is 2.29. The summed E-state index contributed by atoms with van der Waals surface area (Å²) in [4.78, 5) is 34.2. The molecule has 2 rings (SSSR count). The van der Waals surface area contributed by atoms with Gasteiger partial charge >= 0.3 is 5.97 Å². The van der Waals surface area contributed by atoms with Crippen LogP contribution in [-0.4, -0.2) is 23.4 Å². The van der Waals surface area contributed by atoms with Gasteiger partial charge in [-0.05, 0) is 29.2 Å². The maximum atomic E-state index is 12.0. The summed E-state index contributed by atoms with van der Waals surface area (Å²) in [5.41, 5.74) is 6.91. The standard InChI is InChI=1S/C19H21N3O5/c1-19(2,3)12-4-6-13(7-5-12)21-17(23)11-27-18(24)15-10-14(22(25)26)8-9-16(15)20/h4-10H,11,20H2,1-3H3,(H,21,23). The van der Waals surface area contributed by atoms with Gasteiger partial charge in [-0.3, -0.25) is 14.9 Å². The first kappa shape index (κ1) is 19.9. The van der Waals surface area contributed by atoms with E-state index in [0.717, 1.165) is 11.6 Å². The predicted molar refractivity (Wildman–Crippen MR) is 102 cm³/mol. The Hall–Kier alpha value is -3.42. The highest BCUT2D eigenvalue weighted by Crippen LogP contribution is 2.23. The molecule has 8 heteroatoms. The predicted octanol–water partition coefficient (Wildman–Crippen LogP) is 3.27. The number of ether oxygens (including phenoxy) is 1. The first-order chi connectivity index (χ1) is 12.6. The number of nitrogens with two attached hydrogens (primary N) is 1. The van der Waals surface area contributed by atoms with E-state index in [0.29, 0.717) is 5.69 Å². The second-order valence-electron chi connectivity index (χ2n) is 6.98. The molecule has 0 radical (unpaired) electrons. The number of nitrogens with zero attached hydrogens (tertiary/aromatic N) is 1. The molecule has 0 unspecified atom stereocenters. The van der Waals surface area contributed by atoms with Crippen LogP contribution in [-0.2, 0) is 14.9 Å². The van der Waals surface area contributed by atoms with Gasteiger partial charge in [0.2, 0.25) is 0 Å². The number of nitro groups is 1. The number of amides is 1. The molecule has 1 amide bonds. The quantitative estimate of drug-likeness (QED) is 0.360. The van der Waals surface area contributed by atoms with Gasteiger partial charge < -0.3 is 15.8 Å². The smallest absolute Gasteiger partial charge is 0.341 e. The van der Waals surface area contributed by atoms with Gasteiger partial charge in [0.15, 0.2) is 6.61 Å². The molecule has 0 spiro atoms. The Labute approximate surface area is 156 Å². The normalized spacial score (nSPS) is 10.9. The molecule has 0 aliphatic rings. The molecule has 0 aliphatic heterocycles. The van der Waals surface area contributed by atoms with E-state index in [2.05, 4.69) is 26.1 Å². The van der Waals surface area contributed by atoms with Crippen molar-refractivity contribution in [2.24, 2.45) is 0 Å². The van der Waals surface area contributed by atoms with Crippen molar-refractivity contribution in [1.82, 2.24) is 0 Å². The van der Waals surface area contributed by atoms with E-state index >= 15 is 0 Å². The average Bonchev–Trinajstić information content (AvgIpc) is 2.59. The van der Waals surface area contributed by atoms with Gasteiger partial charge in [0.1, 0.15) is 0 Å². The van der Waals surface area contributed by atoms with Crippen LogP contribution in [0.25, 0.3) is 0 Å². The van der Waals surface area contributed by atoms with E-state index in [1.807, 2.05) is 12.1 Å².